The molecule has 0 saturated carbocycles. The Hall–Kier alpha value is -3.14. The van der Waals surface area contributed by atoms with Gasteiger partial charge in [0.2, 0.25) is 0 Å². The van der Waals surface area contributed by atoms with Crippen molar-refractivity contribution in [3.8, 4) is 17.2 Å². The Labute approximate surface area is 183 Å². The van der Waals surface area contributed by atoms with E-state index < -0.39 is 17.6 Å². The zero-order valence-corrected chi connectivity index (χ0v) is 18.1. The van der Waals surface area contributed by atoms with Crippen LogP contribution in [0.25, 0.3) is 0 Å². The molecule has 3 rings (SSSR count). The minimum Gasteiger partial charge on any atom is -0.494 e. The molecular formula is C27H28F2O2. The van der Waals surface area contributed by atoms with E-state index in [1.165, 1.54) is 0 Å². The third kappa shape index (κ3) is 6.17. The molecule has 0 aliphatic heterocycles. The van der Waals surface area contributed by atoms with Gasteiger partial charge in [0.1, 0.15) is 28.9 Å². The smallest absolute Gasteiger partial charge is 0.139 e. The van der Waals surface area contributed by atoms with Crippen molar-refractivity contribution in [1.82, 2.24) is 0 Å². The Morgan fingerprint density at radius 1 is 0.806 bits per heavy atom. The van der Waals surface area contributed by atoms with Crippen LogP contribution in [0, 0.1) is 5.92 Å². The number of benzene rings is 3. The number of rotatable bonds is 9. The van der Waals surface area contributed by atoms with Gasteiger partial charge in [-0.1, -0.05) is 56.3 Å². The average molecular weight is 423 g/mol. The second-order valence-corrected chi connectivity index (χ2v) is 7.72. The Balaban J connectivity index is 1.79. The number of hydrogen-bond acceptors (Lipinski definition) is 2. The van der Waals surface area contributed by atoms with Crippen LogP contribution in [-0.2, 0) is 6.42 Å². The van der Waals surface area contributed by atoms with Crippen LogP contribution in [0.5, 0.6) is 17.2 Å². The van der Waals surface area contributed by atoms with Crippen LogP contribution in [0.3, 0.4) is 0 Å². The van der Waals surface area contributed by atoms with E-state index in [4.69, 9.17) is 9.47 Å². The molecule has 0 spiro atoms. The van der Waals surface area contributed by atoms with Gasteiger partial charge in [-0.3, -0.25) is 0 Å². The van der Waals surface area contributed by atoms with Crippen LogP contribution < -0.4 is 9.47 Å². The molecule has 0 amide bonds. The third-order valence-corrected chi connectivity index (χ3v) is 4.99. The first-order valence-electron chi connectivity index (χ1n) is 10.6. The summed E-state index contributed by atoms with van der Waals surface area (Å²) < 4.78 is 41.5. The predicted octanol–water partition coefficient (Wildman–Crippen LogP) is 8.01. The monoisotopic (exact) mass is 422 g/mol. The fraction of sp³-hybridized carbons (Fsp3) is 0.259. The lowest BCUT2D eigenvalue weighted by molar-refractivity contribution is 0.340. The van der Waals surface area contributed by atoms with Crippen LogP contribution in [0.1, 0.15) is 37.8 Å². The Morgan fingerprint density at radius 3 is 2.13 bits per heavy atom. The number of allylic oxidation sites excluding steroid dienone is 2. The molecule has 4 heteroatoms. The Kier molecular flexibility index (Phi) is 7.82. The van der Waals surface area contributed by atoms with Crippen molar-refractivity contribution < 1.29 is 18.3 Å². The van der Waals surface area contributed by atoms with Crippen molar-refractivity contribution in [2.75, 3.05) is 6.61 Å². The molecule has 2 nitrogen and oxygen atoms in total. The van der Waals surface area contributed by atoms with Gasteiger partial charge in [-0.05, 0) is 60.4 Å². The maximum Gasteiger partial charge on any atom is 0.139 e. The van der Waals surface area contributed by atoms with E-state index in [2.05, 4.69) is 0 Å². The summed E-state index contributed by atoms with van der Waals surface area (Å²) in [5.74, 6) is -0.247. The van der Waals surface area contributed by atoms with Gasteiger partial charge in [0, 0.05) is 12.3 Å². The molecule has 162 valence electrons. The first-order valence-corrected chi connectivity index (χ1v) is 10.6. The predicted molar refractivity (Wildman–Crippen MR) is 121 cm³/mol. The van der Waals surface area contributed by atoms with Crippen molar-refractivity contribution in [2.45, 2.75) is 33.1 Å². The van der Waals surface area contributed by atoms with Crippen LogP contribution >= 0.6 is 0 Å². The lowest BCUT2D eigenvalue weighted by Gasteiger charge is -2.21. The topological polar surface area (TPSA) is 18.5 Å². The van der Waals surface area contributed by atoms with Gasteiger partial charge in [-0.25, -0.2) is 8.78 Å². The largest absolute Gasteiger partial charge is 0.494 e. The molecule has 3 aromatic carbocycles. The van der Waals surface area contributed by atoms with Gasteiger partial charge in [0.25, 0.3) is 0 Å². The molecule has 31 heavy (non-hydrogen) atoms. The molecule has 3 aromatic rings. The first kappa shape index (κ1) is 22.5. The van der Waals surface area contributed by atoms with Crippen molar-refractivity contribution in [2.24, 2.45) is 5.92 Å². The maximum atomic E-state index is 15.2. The van der Waals surface area contributed by atoms with E-state index >= 15 is 4.39 Å². The second kappa shape index (κ2) is 10.8. The molecule has 0 aliphatic rings. The molecular weight excluding hydrogens is 394 g/mol. The summed E-state index contributed by atoms with van der Waals surface area (Å²) in [4.78, 5) is 0. The van der Waals surface area contributed by atoms with Crippen molar-refractivity contribution in [3.63, 3.8) is 0 Å². The van der Waals surface area contributed by atoms with E-state index in [1.807, 2.05) is 51.1 Å². The molecule has 0 aliphatic carbocycles. The number of ether oxygens (including phenoxy) is 2. The standard InChI is InChI=1S/C27H28F2O2/c1-4-30-22-15-13-21(14-16-22)26(19(2)3)27(29)25(28)18-20-9-8-12-24(17-20)31-23-10-6-5-7-11-23/h5-17,19,26H,4,18H2,1-3H3. The minimum absolute atomic E-state index is 0.101. The summed E-state index contributed by atoms with van der Waals surface area (Å²) in [5.41, 5.74) is 1.38. The number of para-hydroxylation sites is 1. The highest BCUT2D eigenvalue weighted by atomic mass is 19.2. The SMILES string of the molecule is CCOc1ccc(C(C(F)=C(F)Cc2cccc(Oc3ccccc3)c2)C(C)C)cc1. The Morgan fingerprint density at radius 2 is 1.48 bits per heavy atom. The van der Waals surface area contributed by atoms with E-state index in [0.717, 1.165) is 5.56 Å². The summed E-state index contributed by atoms with van der Waals surface area (Å²) >= 11 is 0. The normalized spacial score (nSPS) is 13.0. The molecule has 0 radical (unpaired) electrons. The lowest BCUT2D eigenvalue weighted by Crippen LogP contribution is -2.09. The third-order valence-electron chi connectivity index (χ3n) is 4.99. The van der Waals surface area contributed by atoms with Crippen LogP contribution in [-0.4, -0.2) is 6.61 Å². The number of hydrogen-bond donors (Lipinski definition) is 0. The number of halogens is 2. The quantitative estimate of drug-likeness (QED) is 0.348. The van der Waals surface area contributed by atoms with Gasteiger partial charge in [-0.15, -0.1) is 0 Å². The van der Waals surface area contributed by atoms with E-state index in [-0.39, 0.29) is 12.3 Å². The van der Waals surface area contributed by atoms with E-state index in [1.54, 1.807) is 48.5 Å². The zero-order valence-electron chi connectivity index (χ0n) is 18.1. The maximum absolute atomic E-state index is 15.2. The van der Waals surface area contributed by atoms with Gasteiger partial charge in [0.15, 0.2) is 0 Å². The second-order valence-electron chi connectivity index (χ2n) is 7.72. The first-order chi connectivity index (χ1) is 15.0. The van der Waals surface area contributed by atoms with Crippen molar-refractivity contribution in [1.29, 1.82) is 0 Å². The fourth-order valence-corrected chi connectivity index (χ4v) is 3.54. The lowest BCUT2D eigenvalue weighted by atomic mass is 9.86. The summed E-state index contributed by atoms with van der Waals surface area (Å²) in [7, 11) is 0. The molecule has 0 N–H and O–H groups in total. The van der Waals surface area contributed by atoms with Crippen LogP contribution in [0.2, 0.25) is 0 Å². The van der Waals surface area contributed by atoms with Crippen LogP contribution in [0.15, 0.2) is 90.5 Å². The van der Waals surface area contributed by atoms with Crippen molar-refractivity contribution >= 4 is 0 Å². The van der Waals surface area contributed by atoms with E-state index in [9.17, 15) is 4.39 Å². The molecule has 0 aromatic heterocycles. The summed E-state index contributed by atoms with van der Waals surface area (Å²) in [5, 5.41) is 0. The Bertz CT molecular complexity index is 995. The van der Waals surface area contributed by atoms with Gasteiger partial charge >= 0.3 is 0 Å². The molecule has 1 unspecified atom stereocenters. The highest BCUT2D eigenvalue weighted by molar-refractivity contribution is 5.37. The molecule has 1 atom stereocenters. The van der Waals surface area contributed by atoms with Crippen molar-refractivity contribution in [3.05, 3.63) is 102 Å². The average Bonchev–Trinajstić information content (AvgIpc) is 2.76. The van der Waals surface area contributed by atoms with Gasteiger partial charge < -0.3 is 9.47 Å². The molecule has 0 saturated heterocycles. The van der Waals surface area contributed by atoms with Gasteiger partial charge in [-0.2, -0.15) is 0 Å². The molecule has 0 bridgehead atoms. The van der Waals surface area contributed by atoms with Crippen LogP contribution in [0.4, 0.5) is 8.78 Å². The summed E-state index contributed by atoms with van der Waals surface area (Å²) in [6, 6.07) is 23.6. The van der Waals surface area contributed by atoms with E-state index in [0.29, 0.717) is 29.4 Å². The molecule has 0 fully saturated rings. The highest BCUT2D eigenvalue weighted by Crippen LogP contribution is 2.36. The summed E-state index contributed by atoms with van der Waals surface area (Å²) in [6.07, 6.45) is -0.127. The summed E-state index contributed by atoms with van der Waals surface area (Å²) in [6.45, 7) is 6.25. The highest BCUT2D eigenvalue weighted by Gasteiger charge is 2.25. The zero-order chi connectivity index (χ0) is 22.2. The minimum atomic E-state index is -0.760. The van der Waals surface area contributed by atoms with Gasteiger partial charge in [0.05, 0.1) is 6.61 Å². The fourth-order valence-electron chi connectivity index (χ4n) is 3.54. The molecule has 0 heterocycles.